The monoisotopic (exact) mass is 235 g/mol. The van der Waals surface area contributed by atoms with Gasteiger partial charge in [0.15, 0.2) is 0 Å². The molecule has 0 unspecified atom stereocenters. The molecule has 94 valence electrons. The van der Waals surface area contributed by atoms with E-state index in [9.17, 15) is 4.79 Å². The number of hydrogen-bond acceptors (Lipinski definition) is 3. The Morgan fingerprint density at radius 1 is 1.47 bits per heavy atom. The van der Waals surface area contributed by atoms with Crippen LogP contribution in [0.4, 0.5) is 0 Å². The molecule has 0 saturated heterocycles. The van der Waals surface area contributed by atoms with E-state index < -0.39 is 0 Å². The minimum Gasteiger partial charge on any atom is -0.468 e. The summed E-state index contributed by atoms with van der Waals surface area (Å²) in [6, 6.07) is 4.72. The fraction of sp³-hybridized carbons (Fsp3) is 0.643. The van der Waals surface area contributed by atoms with E-state index in [4.69, 9.17) is 4.42 Å². The zero-order chi connectivity index (χ0) is 12.1. The van der Waals surface area contributed by atoms with Crippen LogP contribution in [0.2, 0.25) is 0 Å². The predicted molar refractivity (Wildman–Crippen MR) is 66.7 cm³/mol. The average molecular weight is 235 g/mol. The lowest BCUT2D eigenvalue weighted by Gasteiger charge is -2.20. The largest absolute Gasteiger partial charge is 0.468 e. The van der Waals surface area contributed by atoms with E-state index in [2.05, 4.69) is 4.90 Å². The van der Waals surface area contributed by atoms with Crippen LogP contribution in [0.25, 0.3) is 0 Å². The Morgan fingerprint density at radius 3 is 2.88 bits per heavy atom. The third-order valence-corrected chi connectivity index (χ3v) is 3.23. The number of hydrogen-bond donors (Lipinski definition) is 0. The molecule has 1 fully saturated rings. The molecule has 0 aromatic carbocycles. The van der Waals surface area contributed by atoms with Crippen molar-refractivity contribution >= 4 is 5.78 Å². The first kappa shape index (κ1) is 12.4. The minimum atomic E-state index is 0.300. The third-order valence-electron chi connectivity index (χ3n) is 3.23. The summed E-state index contributed by atoms with van der Waals surface area (Å²) >= 11 is 0. The number of nitrogens with zero attached hydrogens (tertiary/aromatic N) is 1. The van der Waals surface area contributed by atoms with Crippen molar-refractivity contribution in [2.75, 3.05) is 6.54 Å². The Balaban J connectivity index is 1.72. The summed E-state index contributed by atoms with van der Waals surface area (Å²) in [4.78, 5) is 13.3. The van der Waals surface area contributed by atoms with E-state index in [1.54, 1.807) is 13.2 Å². The summed E-state index contributed by atoms with van der Waals surface area (Å²) < 4.78 is 5.39. The van der Waals surface area contributed by atoms with E-state index in [0.29, 0.717) is 5.78 Å². The second kappa shape index (κ2) is 6.01. The standard InChI is InChI=1S/C14H21NO2/c1-12(16)5-2-3-9-15(13-7-8-13)11-14-6-4-10-17-14/h4,6,10,13H,2-3,5,7-9,11H2,1H3. The highest BCUT2D eigenvalue weighted by atomic mass is 16.3. The van der Waals surface area contributed by atoms with Gasteiger partial charge < -0.3 is 9.21 Å². The zero-order valence-corrected chi connectivity index (χ0v) is 10.5. The molecule has 2 rings (SSSR count). The summed E-state index contributed by atoms with van der Waals surface area (Å²) in [5.41, 5.74) is 0. The first-order valence-electron chi connectivity index (χ1n) is 6.51. The number of carbonyl (C=O) groups excluding carboxylic acids is 1. The van der Waals surface area contributed by atoms with Gasteiger partial charge in [-0.3, -0.25) is 4.90 Å². The van der Waals surface area contributed by atoms with E-state index in [0.717, 1.165) is 44.2 Å². The second-order valence-corrected chi connectivity index (χ2v) is 4.94. The topological polar surface area (TPSA) is 33.5 Å². The molecule has 0 bridgehead atoms. The van der Waals surface area contributed by atoms with Gasteiger partial charge in [0.1, 0.15) is 11.5 Å². The van der Waals surface area contributed by atoms with Crippen LogP contribution in [0.3, 0.4) is 0 Å². The van der Waals surface area contributed by atoms with E-state index >= 15 is 0 Å². The normalized spacial score (nSPS) is 15.4. The van der Waals surface area contributed by atoms with Crippen molar-refractivity contribution < 1.29 is 9.21 Å². The lowest BCUT2D eigenvalue weighted by Crippen LogP contribution is -2.26. The second-order valence-electron chi connectivity index (χ2n) is 4.94. The van der Waals surface area contributed by atoms with E-state index in [-0.39, 0.29) is 0 Å². The van der Waals surface area contributed by atoms with Gasteiger partial charge in [-0.25, -0.2) is 0 Å². The van der Waals surface area contributed by atoms with Gasteiger partial charge in [-0.2, -0.15) is 0 Å². The van der Waals surface area contributed by atoms with Crippen molar-refractivity contribution in [2.45, 2.75) is 51.6 Å². The Bertz CT molecular complexity index is 341. The summed E-state index contributed by atoms with van der Waals surface area (Å²) in [6.45, 7) is 3.66. The molecule has 1 aliphatic carbocycles. The molecule has 0 N–H and O–H groups in total. The Morgan fingerprint density at radius 2 is 2.29 bits per heavy atom. The molecule has 0 spiro atoms. The van der Waals surface area contributed by atoms with Gasteiger partial charge >= 0.3 is 0 Å². The number of furan rings is 1. The van der Waals surface area contributed by atoms with Gasteiger partial charge in [0, 0.05) is 12.5 Å². The summed E-state index contributed by atoms with van der Waals surface area (Å²) in [5, 5.41) is 0. The molecule has 3 nitrogen and oxygen atoms in total. The molecular weight excluding hydrogens is 214 g/mol. The zero-order valence-electron chi connectivity index (χ0n) is 10.5. The van der Waals surface area contributed by atoms with Crippen molar-refractivity contribution in [3.63, 3.8) is 0 Å². The molecule has 1 heterocycles. The molecule has 1 aliphatic rings. The van der Waals surface area contributed by atoms with Crippen molar-refractivity contribution in [1.82, 2.24) is 4.90 Å². The highest BCUT2D eigenvalue weighted by Crippen LogP contribution is 2.28. The summed E-state index contributed by atoms with van der Waals surface area (Å²) in [6.07, 6.45) is 7.20. The fourth-order valence-electron chi connectivity index (χ4n) is 2.12. The molecular formula is C14H21NO2. The van der Waals surface area contributed by atoms with Crippen LogP contribution in [0, 0.1) is 0 Å². The molecule has 3 heteroatoms. The highest BCUT2D eigenvalue weighted by molar-refractivity contribution is 5.75. The molecule has 1 saturated carbocycles. The molecule has 17 heavy (non-hydrogen) atoms. The fourth-order valence-corrected chi connectivity index (χ4v) is 2.12. The number of Topliss-reactive ketones (excluding diaryl/α,β-unsaturated/α-hetero) is 1. The van der Waals surface area contributed by atoms with Crippen LogP contribution in [-0.2, 0) is 11.3 Å². The van der Waals surface area contributed by atoms with Crippen LogP contribution in [-0.4, -0.2) is 23.3 Å². The summed E-state index contributed by atoms with van der Waals surface area (Å²) in [7, 11) is 0. The summed E-state index contributed by atoms with van der Waals surface area (Å²) in [5.74, 6) is 1.34. The van der Waals surface area contributed by atoms with E-state index in [1.165, 1.54) is 12.8 Å². The Labute approximate surface area is 103 Å². The SMILES string of the molecule is CC(=O)CCCCN(Cc1ccco1)C1CC1. The van der Waals surface area contributed by atoms with Gasteiger partial charge in [-0.05, 0) is 51.3 Å². The van der Waals surface area contributed by atoms with Gasteiger partial charge in [0.2, 0.25) is 0 Å². The molecule has 1 aromatic heterocycles. The Kier molecular flexibility index (Phi) is 4.37. The van der Waals surface area contributed by atoms with Gasteiger partial charge in [0.25, 0.3) is 0 Å². The van der Waals surface area contributed by atoms with Gasteiger partial charge in [-0.1, -0.05) is 0 Å². The van der Waals surface area contributed by atoms with Crippen LogP contribution in [0.1, 0.15) is 44.8 Å². The quantitative estimate of drug-likeness (QED) is 0.649. The highest BCUT2D eigenvalue weighted by Gasteiger charge is 2.28. The molecule has 1 aromatic rings. The van der Waals surface area contributed by atoms with Crippen molar-refractivity contribution in [1.29, 1.82) is 0 Å². The lowest BCUT2D eigenvalue weighted by atomic mass is 10.2. The van der Waals surface area contributed by atoms with Crippen LogP contribution < -0.4 is 0 Å². The molecule has 0 radical (unpaired) electrons. The molecule has 0 aliphatic heterocycles. The predicted octanol–water partition coefficient (Wildman–Crippen LogP) is 3.00. The Hall–Kier alpha value is -1.09. The minimum absolute atomic E-state index is 0.300. The van der Waals surface area contributed by atoms with Crippen molar-refractivity contribution in [3.8, 4) is 0 Å². The first-order chi connectivity index (χ1) is 8.25. The first-order valence-corrected chi connectivity index (χ1v) is 6.51. The maximum absolute atomic E-state index is 10.9. The van der Waals surface area contributed by atoms with Gasteiger partial charge in [0.05, 0.1) is 12.8 Å². The number of carbonyl (C=O) groups is 1. The van der Waals surface area contributed by atoms with Crippen LogP contribution >= 0.6 is 0 Å². The molecule has 0 amide bonds. The lowest BCUT2D eigenvalue weighted by molar-refractivity contribution is -0.117. The number of ketones is 1. The third kappa shape index (κ3) is 4.35. The number of unbranched alkanes of at least 4 members (excludes halogenated alkanes) is 1. The van der Waals surface area contributed by atoms with Crippen LogP contribution in [0.5, 0.6) is 0 Å². The number of rotatable bonds is 8. The van der Waals surface area contributed by atoms with Crippen molar-refractivity contribution in [2.24, 2.45) is 0 Å². The smallest absolute Gasteiger partial charge is 0.129 e. The van der Waals surface area contributed by atoms with Crippen molar-refractivity contribution in [3.05, 3.63) is 24.2 Å². The van der Waals surface area contributed by atoms with Crippen LogP contribution in [0.15, 0.2) is 22.8 Å². The maximum atomic E-state index is 10.9. The van der Waals surface area contributed by atoms with Gasteiger partial charge in [-0.15, -0.1) is 0 Å². The average Bonchev–Trinajstić information content (AvgIpc) is 3.01. The maximum Gasteiger partial charge on any atom is 0.129 e. The van der Waals surface area contributed by atoms with E-state index in [1.807, 2.05) is 12.1 Å². The molecule has 0 atom stereocenters.